The van der Waals surface area contributed by atoms with Crippen LogP contribution in [0.3, 0.4) is 0 Å². The van der Waals surface area contributed by atoms with Crippen LogP contribution in [0.5, 0.6) is 11.5 Å². The third-order valence-electron chi connectivity index (χ3n) is 12.0. The van der Waals surface area contributed by atoms with Gasteiger partial charge in [0.25, 0.3) is 0 Å². The van der Waals surface area contributed by atoms with E-state index in [9.17, 15) is 0 Å². The van der Waals surface area contributed by atoms with Gasteiger partial charge in [-0.2, -0.15) is 0 Å². The third kappa shape index (κ3) is 6.89. The van der Waals surface area contributed by atoms with Gasteiger partial charge in [-0.1, -0.05) is 201 Å². The Hall–Kier alpha value is -4.69. The lowest BCUT2D eigenvalue weighted by Gasteiger charge is -2.37. The monoisotopic (exact) mass is 732 g/mol. The average Bonchev–Trinajstić information content (AvgIpc) is 3.18. The van der Waals surface area contributed by atoms with Crippen molar-refractivity contribution in [2.75, 3.05) is 7.11 Å². The fourth-order valence-corrected chi connectivity index (χ4v) is 8.93. The fraction of sp³-hybridized carbons (Fsp3) is 0.280. The summed E-state index contributed by atoms with van der Waals surface area (Å²) in [6.45, 7) is 18.5. The predicted octanol–water partition coefficient (Wildman–Crippen LogP) is 13.2. The topological polar surface area (TPSA) is 27.7 Å². The number of hydrogen-bond acceptors (Lipinski definition) is 3. The van der Waals surface area contributed by atoms with Crippen LogP contribution in [0.2, 0.25) is 0 Å². The van der Waals surface area contributed by atoms with E-state index in [0.717, 1.165) is 33.8 Å². The van der Waals surface area contributed by atoms with Crippen molar-refractivity contribution in [2.24, 2.45) is 0 Å². The fourth-order valence-electron chi connectivity index (χ4n) is 8.02. The maximum absolute atomic E-state index is 7.02. The summed E-state index contributed by atoms with van der Waals surface area (Å²) in [5.41, 5.74) is 10.6. The molecule has 0 spiro atoms. The molecule has 0 fully saturated rings. The van der Waals surface area contributed by atoms with Crippen LogP contribution in [0.1, 0.15) is 111 Å². The Morgan fingerprint density at radius 2 is 0.704 bits per heavy atom. The molecular formula is C50H53O3P. The summed E-state index contributed by atoms with van der Waals surface area (Å²) in [7, 11) is -0.123. The van der Waals surface area contributed by atoms with E-state index >= 15 is 0 Å². The first-order valence-electron chi connectivity index (χ1n) is 19.0. The summed E-state index contributed by atoms with van der Waals surface area (Å²) in [5.74, 6) is 1.68. The van der Waals surface area contributed by atoms with E-state index in [1.807, 2.05) is 0 Å². The van der Waals surface area contributed by atoms with Gasteiger partial charge in [0, 0.05) is 46.3 Å². The Bertz CT molecular complexity index is 2060. The second-order valence-electron chi connectivity index (χ2n) is 16.8. The molecule has 276 valence electrons. The highest BCUT2D eigenvalue weighted by Crippen LogP contribution is 2.54. The van der Waals surface area contributed by atoms with Gasteiger partial charge in [-0.05, 0) is 44.5 Å². The van der Waals surface area contributed by atoms with E-state index in [1.165, 1.54) is 33.4 Å². The number of hydrogen-bond donors (Lipinski definition) is 0. The van der Waals surface area contributed by atoms with Gasteiger partial charge in [-0.3, -0.25) is 4.52 Å². The molecule has 4 heteroatoms. The predicted molar refractivity (Wildman–Crippen MR) is 225 cm³/mol. The maximum atomic E-state index is 7.02. The molecule has 1 heterocycles. The van der Waals surface area contributed by atoms with Crippen LogP contribution in [0.4, 0.5) is 0 Å². The molecule has 7 rings (SSSR count). The highest BCUT2D eigenvalue weighted by molar-refractivity contribution is 7.42. The molecule has 0 bridgehead atoms. The molecular weight excluding hydrogens is 680 g/mol. The smallest absolute Gasteiger partial charge is 0.417 e. The van der Waals surface area contributed by atoms with Crippen LogP contribution >= 0.6 is 8.60 Å². The van der Waals surface area contributed by atoms with Crippen molar-refractivity contribution in [3.05, 3.63) is 201 Å². The zero-order valence-electron chi connectivity index (χ0n) is 33.2. The minimum absolute atomic E-state index is 0.275. The molecule has 0 radical (unpaired) electrons. The van der Waals surface area contributed by atoms with Gasteiger partial charge in [0.05, 0.1) is 0 Å². The van der Waals surface area contributed by atoms with Crippen molar-refractivity contribution in [3.63, 3.8) is 0 Å². The summed E-state index contributed by atoms with van der Waals surface area (Å²) in [5, 5.41) is 0. The second kappa shape index (κ2) is 14.5. The van der Waals surface area contributed by atoms with Gasteiger partial charge in [-0.15, -0.1) is 0 Å². The summed E-state index contributed by atoms with van der Waals surface area (Å²) in [6.07, 6.45) is 0.630. The molecule has 54 heavy (non-hydrogen) atoms. The Balaban J connectivity index is 1.52. The molecule has 0 aromatic heterocycles. The van der Waals surface area contributed by atoms with Crippen molar-refractivity contribution >= 4 is 8.60 Å². The van der Waals surface area contributed by atoms with E-state index in [1.54, 1.807) is 7.11 Å². The van der Waals surface area contributed by atoms with Gasteiger partial charge in [0.1, 0.15) is 11.5 Å². The number of benzene rings is 6. The highest BCUT2D eigenvalue weighted by Gasteiger charge is 2.39. The lowest BCUT2D eigenvalue weighted by atomic mass is 9.70. The average molecular weight is 733 g/mol. The Kier molecular flexibility index (Phi) is 10.1. The normalized spacial score (nSPS) is 13.9. The Morgan fingerprint density at radius 1 is 0.407 bits per heavy atom. The molecule has 0 unspecified atom stereocenters. The molecule has 0 amide bonds. The van der Waals surface area contributed by atoms with E-state index in [0.29, 0.717) is 6.42 Å². The molecule has 1 aliphatic rings. The summed E-state index contributed by atoms with van der Waals surface area (Å²) in [4.78, 5) is 0. The first-order chi connectivity index (χ1) is 25.7. The molecule has 0 aliphatic carbocycles. The molecule has 1 aliphatic heterocycles. The minimum atomic E-state index is -1.81. The lowest BCUT2D eigenvalue weighted by Crippen LogP contribution is -2.26. The highest BCUT2D eigenvalue weighted by atomic mass is 31.2. The van der Waals surface area contributed by atoms with Crippen molar-refractivity contribution < 1.29 is 13.6 Å². The Labute approximate surface area is 324 Å². The van der Waals surface area contributed by atoms with Gasteiger partial charge in [0.15, 0.2) is 0 Å². The van der Waals surface area contributed by atoms with E-state index in [4.69, 9.17) is 13.6 Å². The summed E-state index contributed by atoms with van der Waals surface area (Å²) >= 11 is 0. The summed E-state index contributed by atoms with van der Waals surface area (Å²) in [6, 6.07) is 52.6. The largest absolute Gasteiger partial charge is 0.462 e. The summed E-state index contributed by atoms with van der Waals surface area (Å²) < 4.78 is 20.2. The molecule has 3 nitrogen and oxygen atoms in total. The molecule has 0 saturated carbocycles. The maximum Gasteiger partial charge on any atom is 0.462 e. The van der Waals surface area contributed by atoms with Crippen molar-refractivity contribution in [1.29, 1.82) is 0 Å². The Morgan fingerprint density at radius 3 is 1.00 bits per heavy atom. The van der Waals surface area contributed by atoms with E-state index in [2.05, 4.69) is 201 Å². The number of fused-ring (bicyclic) bond motifs is 2. The lowest BCUT2D eigenvalue weighted by molar-refractivity contribution is 0.314. The van der Waals surface area contributed by atoms with Crippen LogP contribution in [0, 0.1) is 0 Å². The van der Waals surface area contributed by atoms with Crippen LogP contribution in [0.15, 0.2) is 146 Å². The van der Waals surface area contributed by atoms with Crippen LogP contribution < -0.4 is 9.05 Å². The zero-order chi connectivity index (χ0) is 38.3. The molecule has 0 atom stereocenters. The van der Waals surface area contributed by atoms with Gasteiger partial charge < -0.3 is 9.05 Å². The first kappa shape index (κ1) is 37.6. The molecule has 6 aromatic rings. The number of rotatable bonds is 9. The van der Waals surface area contributed by atoms with Crippen molar-refractivity contribution in [1.82, 2.24) is 0 Å². The zero-order valence-corrected chi connectivity index (χ0v) is 34.1. The van der Waals surface area contributed by atoms with Gasteiger partial charge in [0.2, 0.25) is 0 Å². The van der Waals surface area contributed by atoms with Crippen LogP contribution in [-0.4, -0.2) is 7.11 Å². The minimum Gasteiger partial charge on any atom is -0.417 e. The van der Waals surface area contributed by atoms with Crippen molar-refractivity contribution in [3.8, 4) is 11.5 Å². The van der Waals surface area contributed by atoms with E-state index in [-0.39, 0.29) is 21.7 Å². The van der Waals surface area contributed by atoms with Gasteiger partial charge >= 0.3 is 8.60 Å². The van der Waals surface area contributed by atoms with Crippen LogP contribution in [0.25, 0.3) is 0 Å². The third-order valence-corrected chi connectivity index (χ3v) is 12.9. The van der Waals surface area contributed by atoms with E-state index < -0.39 is 8.60 Å². The van der Waals surface area contributed by atoms with Crippen molar-refractivity contribution in [2.45, 2.75) is 83.5 Å². The SMILES string of the molecule is COP1Oc2c(cc(C(C)(C)c3ccccc3)cc2C(C)(C)c2ccccc2)Cc2cc(C(C)(C)c3ccccc3)cc(C(C)(C)c3ccccc3)c2O1. The van der Waals surface area contributed by atoms with Crippen LogP contribution in [-0.2, 0) is 32.6 Å². The molecule has 0 saturated heterocycles. The quantitative estimate of drug-likeness (QED) is 0.139. The second-order valence-corrected chi connectivity index (χ2v) is 17.9. The molecule has 6 aromatic carbocycles. The molecule has 0 N–H and O–H groups in total. The van der Waals surface area contributed by atoms with Gasteiger partial charge in [-0.25, -0.2) is 0 Å². The first-order valence-corrected chi connectivity index (χ1v) is 20.1. The standard InChI is InChI=1S/C50H53O3P/c1-47(2,37-22-14-10-15-23-37)41-31-35-30-36-32-42(48(3,4)38-24-16-11-17-25-38)34-44(50(7,8)40-28-20-13-21-29-40)46(36)53-54(51-9)52-45(35)43(33-41)49(5,6)39-26-18-12-19-27-39/h10-29,31-34H,30H2,1-9H3.